The number of amides is 1. The quantitative estimate of drug-likeness (QED) is 0.822. The molecule has 0 bridgehead atoms. The lowest BCUT2D eigenvalue weighted by atomic mass is 10.1. The molecule has 2 heterocycles. The van der Waals surface area contributed by atoms with Crippen molar-refractivity contribution >= 4 is 15.7 Å². The van der Waals surface area contributed by atoms with Crippen LogP contribution in [0.2, 0.25) is 0 Å². The van der Waals surface area contributed by atoms with Crippen LogP contribution >= 0.6 is 0 Å². The summed E-state index contributed by atoms with van der Waals surface area (Å²) in [6.45, 7) is 4.23. The molecule has 1 fully saturated rings. The minimum atomic E-state index is -2.97. The second-order valence-corrected chi connectivity index (χ2v) is 9.27. The van der Waals surface area contributed by atoms with Crippen LogP contribution in [-0.2, 0) is 21.2 Å². The molecule has 1 aliphatic rings. The lowest BCUT2D eigenvalue weighted by Crippen LogP contribution is -2.25. The lowest BCUT2D eigenvalue weighted by Gasteiger charge is -2.14. The molecule has 1 atom stereocenters. The van der Waals surface area contributed by atoms with Crippen LogP contribution in [0, 0.1) is 19.8 Å². The number of benzene rings is 1. The van der Waals surface area contributed by atoms with Gasteiger partial charge in [0.1, 0.15) is 5.75 Å². The molecule has 3 rings (SSSR count). The Labute approximate surface area is 159 Å². The largest absolute Gasteiger partial charge is 0.438 e. The third kappa shape index (κ3) is 5.07. The van der Waals surface area contributed by atoms with Crippen LogP contribution in [0.3, 0.4) is 0 Å². The predicted octanol–water partition coefficient (Wildman–Crippen LogP) is 2.93. The zero-order valence-corrected chi connectivity index (χ0v) is 16.4. The summed E-state index contributed by atoms with van der Waals surface area (Å²) in [6, 6.07) is 9.57. The number of hydrogen-bond acceptors (Lipinski definition) is 5. The first kappa shape index (κ1) is 19.4. The van der Waals surface area contributed by atoms with Crippen molar-refractivity contribution in [2.24, 2.45) is 5.92 Å². The number of nitrogens with zero attached hydrogens (tertiary/aromatic N) is 1. The molecule has 0 saturated carbocycles. The van der Waals surface area contributed by atoms with Gasteiger partial charge in [-0.05, 0) is 43.4 Å². The molecular weight excluding hydrogens is 364 g/mol. The summed E-state index contributed by atoms with van der Waals surface area (Å²) in [4.78, 5) is 16.5. The first-order chi connectivity index (χ1) is 12.8. The fourth-order valence-corrected chi connectivity index (χ4v) is 5.13. The van der Waals surface area contributed by atoms with E-state index < -0.39 is 9.84 Å². The Morgan fingerprint density at radius 3 is 2.63 bits per heavy atom. The van der Waals surface area contributed by atoms with Crippen LogP contribution in [0.4, 0.5) is 0 Å². The summed E-state index contributed by atoms with van der Waals surface area (Å²) in [5, 5.41) is 2.85. The minimum Gasteiger partial charge on any atom is -0.438 e. The van der Waals surface area contributed by atoms with Gasteiger partial charge >= 0.3 is 0 Å². The van der Waals surface area contributed by atoms with E-state index in [0.717, 1.165) is 22.4 Å². The zero-order valence-electron chi connectivity index (χ0n) is 15.6. The van der Waals surface area contributed by atoms with E-state index in [1.807, 2.05) is 38.1 Å². The predicted molar refractivity (Wildman–Crippen MR) is 103 cm³/mol. The first-order valence-electron chi connectivity index (χ1n) is 8.99. The maximum atomic E-state index is 12.2. The van der Waals surface area contributed by atoms with Crippen LogP contribution in [0.25, 0.3) is 0 Å². The number of carbonyl (C=O) groups is 1. The number of nitrogens with one attached hydrogen (secondary N) is 1. The summed E-state index contributed by atoms with van der Waals surface area (Å²) in [7, 11) is -2.97. The first-order valence-corrected chi connectivity index (χ1v) is 10.8. The Morgan fingerprint density at radius 1 is 1.22 bits per heavy atom. The smallest absolute Gasteiger partial charge is 0.224 e. The van der Waals surface area contributed by atoms with Crippen LogP contribution in [0.1, 0.15) is 29.5 Å². The summed E-state index contributed by atoms with van der Waals surface area (Å²) in [5.74, 6) is 1.27. The van der Waals surface area contributed by atoms with Crippen molar-refractivity contribution in [2.45, 2.75) is 33.2 Å². The van der Waals surface area contributed by atoms with Gasteiger partial charge in [0.15, 0.2) is 9.84 Å². The summed E-state index contributed by atoms with van der Waals surface area (Å²) in [6.07, 6.45) is 2.44. The van der Waals surface area contributed by atoms with E-state index in [2.05, 4.69) is 10.3 Å². The molecule has 1 N–H and O–H groups in total. The van der Waals surface area contributed by atoms with E-state index in [1.165, 1.54) is 0 Å². The second-order valence-electron chi connectivity index (χ2n) is 7.04. The van der Waals surface area contributed by atoms with Gasteiger partial charge in [0.2, 0.25) is 11.8 Å². The van der Waals surface area contributed by atoms with Crippen molar-refractivity contribution in [3.05, 3.63) is 53.2 Å². The maximum Gasteiger partial charge on any atom is 0.224 e. The van der Waals surface area contributed by atoms with Crippen molar-refractivity contribution in [1.29, 1.82) is 0 Å². The second kappa shape index (κ2) is 8.08. The molecule has 1 unspecified atom stereocenters. The van der Waals surface area contributed by atoms with Gasteiger partial charge in [0, 0.05) is 24.7 Å². The van der Waals surface area contributed by atoms with Gasteiger partial charge < -0.3 is 10.1 Å². The third-order valence-corrected chi connectivity index (χ3v) is 6.57. The van der Waals surface area contributed by atoms with Crippen LogP contribution in [0.15, 0.2) is 36.5 Å². The highest BCUT2D eigenvalue weighted by atomic mass is 32.2. The SMILES string of the molecule is Cc1cccc(C)c1Oc1ncccc1CNC(=O)CC1CCS(=O)(=O)C1. The third-order valence-electron chi connectivity index (χ3n) is 4.73. The van der Waals surface area contributed by atoms with Gasteiger partial charge in [-0.1, -0.05) is 24.3 Å². The van der Waals surface area contributed by atoms with Gasteiger partial charge in [0.05, 0.1) is 11.5 Å². The van der Waals surface area contributed by atoms with Gasteiger partial charge in [-0.15, -0.1) is 0 Å². The number of aryl methyl sites for hydroxylation is 2. The Morgan fingerprint density at radius 2 is 1.96 bits per heavy atom. The standard InChI is InChI=1S/C20H24N2O4S/c1-14-5-3-6-15(2)19(14)26-20-17(7-4-9-21-20)12-22-18(23)11-16-8-10-27(24,25)13-16/h3-7,9,16H,8,10-13H2,1-2H3,(H,22,23). The molecule has 1 amide bonds. The molecule has 1 aliphatic heterocycles. The van der Waals surface area contributed by atoms with E-state index in [0.29, 0.717) is 12.3 Å². The average Bonchev–Trinajstić information content (AvgIpc) is 2.95. The topological polar surface area (TPSA) is 85.4 Å². The monoisotopic (exact) mass is 388 g/mol. The fraction of sp³-hybridized carbons (Fsp3) is 0.400. The molecule has 0 aliphatic carbocycles. The molecule has 0 spiro atoms. The Balaban J connectivity index is 1.63. The molecular formula is C20H24N2O4S. The van der Waals surface area contributed by atoms with Crippen LogP contribution in [-0.4, -0.2) is 30.8 Å². The van der Waals surface area contributed by atoms with Gasteiger partial charge in [0.25, 0.3) is 0 Å². The van der Waals surface area contributed by atoms with Gasteiger partial charge in [-0.2, -0.15) is 0 Å². The highest BCUT2D eigenvalue weighted by molar-refractivity contribution is 7.91. The highest BCUT2D eigenvalue weighted by Crippen LogP contribution is 2.29. The van der Waals surface area contributed by atoms with Crippen LogP contribution < -0.4 is 10.1 Å². The van der Waals surface area contributed by atoms with Crippen molar-refractivity contribution in [3.8, 4) is 11.6 Å². The number of para-hydroxylation sites is 1. The Bertz CT molecular complexity index is 920. The van der Waals surface area contributed by atoms with E-state index in [1.54, 1.807) is 12.3 Å². The van der Waals surface area contributed by atoms with Crippen molar-refractivity contribution in [3.63, 3.8) is 0 Å². The highest BCUT2D eigenvalue weighted by Gasteiger charge is 2.29. The van der Waals surface area contributed by atoms with Crippen molar-refractivity contribution < 1.29 is 17.9 Å². The Hall–Kier alpha value is -2.41. The molecule has 1 saturated heterocycles. The number of hydrogen-bond donors (Lipinski definition) is 1. The Kier molecular flexibility index (Phi) is 5.79. The van der Waals surface area contributed by atoms with E-state index in [9.17, 15) is 13.2 Å². The van der Waals surface area contributed by atoms with Crippen LogP contribution in [0.5, 0.6) is 11.6 Å². The van der Waals surface area contributed by atoms with E-state index >= 15 is 0 Å². The van der Waals surface area contributed by atoms with E-state index in [4.69, 9.17) is 4.74 Å². The normalized spacial score (nSPS) is 18.2. The molecule has 0 radical (unpaired) electrons. The maximum absolute atomic E-state index is 12.2. The molecule has 1 aromatic carbocycles. The zero-order chi connectivity index (χ0) is 19.4. The molecule has 6 nitrogen and oxygen atoms in total. The lowest BCUT2D eigenvalue weighted by molar-refractivity contribution is -0.122. The fourth-order valence-electron chi connectivity index (χ4n) is 3.27. The average molecular weight is 388 g/mol. The summed E-state index contributed by atoms with van der Waals surface area (Å²) in [5.41, 5.74) is 2.80. The summed E-state index contributed by atoms with van der Waals surface area (Å²) < 4.78 is 29.1. The van der Waals surface area contributed by atoms with Gasteiger partial charge in [-0.3, -0.25) is 4.79 Å². The number of ether oxygens (including phenoxy) is 1. The minimum absolute atomic E-state index is 0.0887. The molecule has 1 aromatic heterocycles. The number of rotatable bonds is 6. The van der Waals surface area contributed by atoms with E-state index in [-0.39, 0.29) is 36.3 Å². The molecule has 7 heteroatoms. The van der Waals surface area contributed by atoms with Gasteiger partial charge in [-0.25, -0.2) is 13.4 Å². The number of aromatic nitrogens is 1. The molecule has 2 aromatic rings. The van der Waals surface area contributed by atoms with Crippen molar-refractivity contribution in [2.75, 3.05) is 11.5 Å². The molecule has 144 valence electrons. The summed E-state index contributed by atoms with van der Waals surface area (Å²) >= 11 is 0. The number of pyridine rings is 1. The van der Waals surface area contributed by atoms with Crippen molar-refractivity contribution in [1.82, 2.24) is 10.3 Å². The number of sulfone groups is 1. The number of carbonyl (C=O) groups excluding carboxylic acids is 1. The molecule has 27 heavy (non-hydrogen) atoms.